The molecule has 0 radical (unpaired) electrons. The highest BCUT2D eigenvalue weighted by molar-refractivity contribution is 7.80. The standard InChI is InChI=1S/C14H17N3OS/c1-3-9-15-13(19)12-10(2)16-17(14(12)18)11-7-5-4-6-8-11/h4-8,16H,3,9H2,1-2H3,(H,15,19). The first-order valence-corrected chi connectivity index (χ1v) is 6.71. The van der Waals surface area contributed by atoms with Crippen molar-refractivity contribution in [3.05, 3.63) is 51.9 Å². The molecule has 0 aliphatic carbocycles. The van der Waals surface area contributed by atoms with E-state index in [1.807, 2.05) is 37.3 Å². The number of nitrogens with zero attached hydrogens (tertiary/aromatic N) is 1. The van der Waals surface area contributed by atoms with Crippen LogP contribution < -0.4 is 10.9 Å². The van der Waals surface area contributed by atoms with Crippen molar-refractivity contribution in [1.82, 2.24) is 15.1 Å². The van der Waals surface area contributed by atoms with Crippen LogP contribution in [-0.4, -0.2) is 21.3 Å². The van der Waals surface area contributed by atoms with Crippen LogP contribution in [0.5, 0.6) is 0 Å². The zero-order valence-corrected chi connectivity index (χ0v) is 11.9. The third kappa shape index (κ3) is 2.76. The normalized spacial score (nSPS) is 10.4. The Morgan fingerprint density at radius 2 is 2.05 bits per heavy atom. The lowest BCUT2D eigenvalue weighted by Gasteiger charge is -2.03. The van der Waals surface area contributed by atoms with Crippen LogP contribution in [0.15, 0.2) is 35.1 Å². The molecule has 0 saturated carbocycles. The molecule has 100 valence electrons. The topological polar surface area (TPSA) is 49.8 Å². The molecule has 2 aromatic rings. The van der Waals surface area contributed by atoms with Crippen molar-refractivity contribution in [3.8, 4) is 5.69 Å². The molecule has 2 N–H and O–H groups in total. The molecule has 1 heterocycles. The van der Waals surface area contributed by atoms with Gasteiger partial charge >= 0.3 is 0 Å². The molecule has 0 aliphatic rings. The van der Waals surface area contributed by atoms with E-state index in [0.29, 0.717) is 10.6 Å². The molecule has 0 amide bonds. The van der Waals surface area contributed by atoms with Crippen LogP contribution in [0, 0.1) is 6.92 Å². The summed E-state index contributed by atoms with van der Waals surface area (Å²) in [5, 5.41) is 6.16. The Hall–Kier alpha value is -1.88. The van der Waals surface area contributed by atoms with Gasteiger partial charge in [-0.1, -0.05) is 37.3 Å². The largest absolute Gasteiger partial charge is 0.376 e. The zero-order chi connectivity index (χ0) is 13.8. The molecule has 0 bridgehead atoms. The molecule has 4 nitrogen and oxygen atoms in total. The van der Waals surface area contributed by atoms with Gasteiger partial charge in [0.25, 0.3) is 5.56 Å². The van der Waals surface area contributed by atoms with Gasteiger partial charge in [0.05, 0.1) is 11.3 Å². The van der Waals surface area contributed by atoms with Crippen LogP contribution in [-0.2, 0) is 0 Å². The lowest BCUT2D eigenvalue weighted by Crippen LogP contribution is -2.29. The minimum absolute atomic E-state index is 0.114. The fraction of sp³-hybridized carbons (Fsp3) is 0.286. The van der Waals surface area contributed by atoms with Crippen LogP contribution in [0.3, 0.4) is 0 Å². The number of hydrogen-bond acceptors (Lipinski definition) is 2. The van der Waals surface area contributed by atoms with E-state index in [1.165, 1.54) is 4.68 Å². The lowest BCUT2D eigenvalue weighted by molar-refractivity contribution is 0.834. The van der Waals surface area contributed by atoms with E-state index in [0.717, 1.165) is 24.3 Å². The predicted molar refractivity (Wildman–Crippen MR) is 81.1 cm³/mol. The molecule has 5 heteroatoms. The van der Waals surface area contributed by atoms with Crippen molar-refractivity contribution in [2.45, 2.75) is 20.3 Å². The third-order valence-electron chi connectivity index (χ3n) is 2.85. The van der Waals surface area contributed by atoms with E-state index in [1.54, 1.807) is 0 Å². The summed E-state index contributed by atoms with van der Waals surface area (Å²) < 4.78 is 1.52. The Labute approximate surface area is 117 Å². The van der Waals surface area contributed by atoms with Crippen LogP contribution in [0.2, 0.25) is 0 Å². The number of benzene rings is 1. The van der Waals surface area contributed by atoms with Gasteiger partial charge in [-0.2, -0.15) is 0 Å². The molecule has 0 aliphatic heterocycles. The lowest BCUT2D eigenvalue weighted by atomic mass is 10.2. The first kappa shape index (κ1) is 13.5. The first-order chi connectivity index (χ1) is 9.15. The Balaban J connectivity index is 2.41. The van der Waals surface area contributed by atoms with Crippen LogP contribution in [0.25, 0.3) is 5.69 Å². The van der Waals surface area contributed by atoms with E-state index in [2.05, 4.69) is 17.3 Å². The van der Waals surface area contributed by atoms with E-state index >= 15 is 0 Å². The van der Waals surface area contributed by atoms with Gasteiger partial charge in [-0.05, 0) is 25.5 Å². The quantitative estimate of drug-likeness (QED) is 0.841. The van der Waals surface area contributed by atoms with E-state index < -0.39 is 0 Å². The summed E-state index contributed by atoms with van der Waals surface area (Å²) in [6.07, 6.45) is 0.969. The molecule has 0 spiro atoms. The summed E-state index contributed by atoms with van der Waals surface area (Å²) in [5.41, 5.74) is 2.02. The van der Waals surface area contributed by atoms with E-state index in [-0.39, 0.29) is 5.56 Å². The molecule has 0 saturated heterocycles. The summed E-state index contributed by atoms with van der Waals surface area (Å²) in [5.74, 6) is 0. The van der Waals surface area contributed by atoms with Gasteiger partial charge in [0, 0.05) is 12.2 Å². The Morgan fingerprint density at radius 1 is 1.37 bits per heavy atom. The van der Waals surface area contributed by atoms with Crippen molar-refractivity contribution >= 4 is 17.2 Å². The van der Waals surface area contributed by atoms with Crippen molar-refractivity contribution < 1.29 is 0 Å². The fourth-order valence-corrected chi connectivity index (χ4v) is 2.24. The molecule has 2 rings (SSSR count). The van der Waals surface area contributed by atoms with Gasteiger partial charge in [-0.15, -0.1) is 0 Å². The second-order valence-electron chi connectivity index (χ2n) is 4.34. The number of aromatic nitrogens is 2. The van der Waals surface area contributed by atoms with Crippen LogP contribution in [0.4, 0.5) is 0 Å². The Kier molecular flexibility index (Phi) is 4.16. The van der Waals surface area contributed by atoms with Crippen molar-refractivity contribution in [2.75, 3.05) is 6.54 Å². The zero-order valence-electron chi connectivity index (χ0n) is 11.1. The molecule has 1 aromatic carbocycles. The smallest absolute Gasteiger partial charge is 0.281 e. The maximum absolute atomic E-state index is 12.4. The number of para-hydroxylation sites is 1. The summed E-state index contributed by atoms with van der Waals surface area (Å²) in [7, 11) is 0. The highest BCUT2D eigenvalue weighted by atomic mass is 32.1. The summed E-state index contributed by atoms with van der Waals surface area (Å²) in [6.45, 7) is 4.69. The highest BCUT2D eigenvalue weighted by Crippen LogP contribution is 2.07. The number of H-pyrrole nitrogens is 1. The minimum Gasteiger partial charge on any atom is -0.376 e. The third-order valence-corrected chi connectivity index (χ3v) is 3.20. The second-order valence-corrected chi connectivity index (χ2v) is 4.75. The predicted octanol–water partition coefficient (Wildman–Crippen LogP) is 2.15. The van der Waals surface area contributed by atoms with E-state index in [4.69, 9.17) is 12.2 Å². The van der Waals surface area contributed by atoms with Gasteiger partial charge in [-0.3, -0.25) is 9.89 Å². The number of aromatic amines is 1. The number of hydrogen-bond donors (Lipinski definition) is 2. The number of rotatable bonds is 4. The maximum Gasteiger partial charge on any atom is 0.281 e. The molecule has 1 aromatic heterocycles. The number of thiocarbonyl (C=S) groups is 1. The summed E-state index contributed by atoms with van der Waals surface area (Å²) in [4.78, 5) is 12.9. The van der Waals surface area contributed by atoms with Crippen molar-refractivity contribution in [2.24, 2.45) is 0 Å². The van der Waals surface area contributed by atoms with Gasteiger partial charge in [0.15, 0.2) is 0 Å². The highest BCUT2D eigenvalue weighted by Gasteiger charge is 2.15. The number of aryl methyl sites for hydroxylation is 1. The van der Waals surface area contributed by atoms with Crippen LogP contribution >= 0.6 is 12.2 Å². The monoisotopic (exact) mass is 275 g/mol. The Bertz CT molecular complexity index is 628. The molecular formula is C14H17N3OS. The molecular weight excluding hydrogens is 258 g/mol. The van der Waals surface area contributed by atoms with Crippen molar-refractivity contribution in [1.29, 1.82) is 0 Å². The molecule has 0 fully saturated rings. The van der Waals surface area contributed by atoms with Gasteiger partial charge in [-0.25, -0.2) is 4.68 Å². The molecule has 0 atom stereocenters. The minimum atomic E-state index is -0.114. The average Bonchev–Trinajstić information content (AvgIpc) is 2.72. The maximum atomic E-state index is 12.4. The summed E-state index contributed by atoms with van der Waals surface area (Å²) >= 11 is 5.28. The van der Waals surface area contributed by atoms with Gasteiger partial charge in [0.1, 0.15) is 4.99 Å². The van der Waals surface area contributed by atoms with Gasteiger partial charge in [0.2, 0.25) is 0 Å². The van der Waals surface area contributed by atoms with Crippen molar-refractivity contribution in [3.63, 3.8) is 0 Å². The van der Waals surface area contributed by atoms with Crippen LogP contribution in [0.1, 0.15) is 24.6 Å². The SMILES string of the molecule is CCCNC(=S)c1c(C)[nH]n(-c2ccccc2)c1=O. The first-order valence-electron chi connectivity index (χ1n) is 6.30. The summed E-state index contributed by atoms with van der Waals surface area (Å²) in [6, 6.07) is 9.46. The van der Waals surface area contributed by atoms with Gasteiger partial charge < -0.3 is 5.32 Å². The Morgan fingerprint density at radius 3 is 2.68 bits per heavy atom. The second kappa shape index (κ2) is 5.84. The fourth-order valence-electron chi connectivity index (χ4n) is 1.90. The molecule has 0 unspecified atom stereocenters. The average molecular weight is 275 g/mol. The molecule has 19 heavy (non-hydrogen) atoms. The van der Waals surface area contributed by atoms with E-state index in [9.17, 15) is 4.79 Å². The number of nitrogens with one attached hydrogen (secondary N) is 2.